The first kappa shape index (κ1) is 14.4. The van der Waals surface area contributed by atoms with Gasteiger partial charge in [0.1, 0.15) is 11.3 Å². The Labute approximate surface area is 130 Å². The molecule has 3 heteroatoms. The number of rotatable bonds is 4. The van der Waals surface area contributed by atoms with Crippen LogP contribution in [0.5, 0.6) is 0 Å². The lowest BCUT2D eigenvalue weighted by molar-refractivity contribution is 0.0953. The molecular formula is C19H19NO2. The van der Waals surface area contributed by atoms with Crippen LogP contribution in [0.3, 0.4) is 0 Å². The van der Waals surface area contributed by atoms with E-state index in [9.17, 15) is 4.79 Å². The molecule has 0 aliphatic carbocycles. The minimum Gasteiger partial charge on any atom is -0.461 e. The third-order valence-electron chi connectivity index (χ3n) is 3.90. The number of hydrogen-bond acceptors (Lipinski definition) is 2. The molecule has 0 bridgehead atoms. The van der Waals surface area contributed by atoms with Crippen molar-refractivity contribution in [2.45, 2.75) is 20.3 Å². The maximum absolute atomic E-state index is 12.1. The van der Waals surface area contributed by atoms with Crippen LogP contribution in [0, 0.1) is 13.8 Å². The maximum atomic E-state index is 12.1. The number of carbonyl (C=O) groups is 1. The van der Waals surface area contributed by atoms with Crippen molar-refractivity contribution in [2.24, 2.45) is 0 Å². The molecule has 0 saturated carbocycles. The number of carbonyl (C=O) groups excluding carboxylic acids is 1. The third kappa shape index (κ3) is 3.03. The van der Waals surface area contributed by atoms with Crippen molar-refractivity contribution in [1.29, 1.82) is 0 Å². The van der Waals surface area contributed by atoms with Crippen LogP contribution in [0.25, 0.3) is 11.0 Å². The standard InChI is InChI=1S/C19H19NO2/c1-13-7-8-16(11-14(13)2)19(21)20-10-9-17-12-15-5-3-4-6-18(15)22-17/h3-8,11-12H,9-10H2,1-2H3,(H,20,21). The van der Waals surface area contributed by atoms with Gasteiger partial charge in [-0.05, 0) is 49.2 Å². The van der Waals surface area contributed by atoms with Gasteiger partial charge in [-0.15, -0.1) is 0 Å². The van der Waals surface area contributed by atoms with Crippen LogP contribution < -0.4 is 5.32 Å². The monoisotopic (exact) mass is 293 g/mol. The molecular weight excluding hydrogens is 274 g/mol. The van der Waals surface area contributed by atoms with Gasteiger partial charge in [-0.25, -0.2) is 0 Å². The van der Waals surface area contributed by atoms with Gasteiger partial charge in [0.2, 0.25) is 0 Å². The Morgan fingerprint density at radius 1 is 1.05 bits per heavy atom. The summed E-state index contributed by atoms with van der Waals surface area (Å²) in [6.45, 7) is 4.62. The molecule has 2 aromatic carbocycles. The van der Waals surface area contributed by atoms with Crippen molar-refractivity contribution in [3.05, 3.63) is 71.0 Å². The van der Waals surface area contributed by atoms with E-state index in [2.05, 4.69) is 5.32 Å². The SMILES string of the molecule is Cc1ccc(C(=O)NCCc2cc3ccccc3o2)cc1C. The number of fused-ring (bicyclic) bond motifs is 1. The summed E-state index contributed by atoms with van der Waals surface area (Å²) < 4.78 is 5.74. The van der Waals surface area contributed by atoms with Gasteiger partial charge >= 0.3 is 0 Å². The molecule has 3 rings (SSSR count). The molecule has 1 aromatic heterocycles. The second-order valence-corrected chi connectivity index (χ2v) is 5.56. The van der Waals surface area contributed by atoms with E-state index < -0.39 is 0 Å². The highest BCUT2D eigenvalue weighted by molar-refractivity contribution is 5.94. The average Bonchev–Trinajstić information content (AvgIpc) is 2.92. The van der Waals surface area contributed by atoms with Gasteiger partial charge in [0.05, 0.1) is 0 Å². The molecule has 22 heavy (non-hydrogen) atoms. The molecule has 3 nitrogen and oxygen atoms in total. The number of benzene rings is 2. The number of nitrogens with one attached hydrogen (secondary N) is 1. The number of amides is 1. The smallest absolute Gasteiger partial charge is 0.251 e. The molecule has 0 fully saturated rings. The van der Waals surface area contributed by atoms with Gasteiger partial charge in [0.15, 0.2) is 0 Å². The highest BCUT2D eigenvalue weighted by Crippen LogP contribution is 2.18. The van der Waals surface area contributed by atoms with E-state index >= 15 is 0 Å². The topological polar surface area (TPSA) is 42.2 Å². The predicted octanol–water partition coefficient (Wildman–Crippen LogP) is 4.02. The Hall–Kier alpha value is -2.55. The molecule has 1 heterocycles. The zero-order valence-corrected chi connectivity index (χ0v) is 12.8. The predicted molar refractivity (Wildman–Crippen MR) is 88.2 cm³/mol. The normalized spacial score (nSPS) is 10.8. The van der Waals surface area contributed by atoms with Crippen molar-refractivity contribution >= 4 is 16.9 Å². The van der Waals surface area contributed by atoms with Crippen molar-refractivity contribution in [1.82, 2.24) is 5.32 Å². The summed E-state index contributed by atoms with van der Waals surface area (Å²) in [6.07, 6.45) is 0.686. The minimum absolute atomic E-state index is 0.0424. The number of furan rings is 1. The Morgan fingerprint density at radius 3 is 2.64 bits per heavy atom. The van der Waals surface area contributed by atoms with Gasteiger partial charge in [0, 0.05) is 23.9 Å². The third-order valence-corrected chi connectivity index (χ3v) is 3.90. The van der Waals surface area contributed by atoms with Crippen LogP contribution in [0.1, 0.15) is 27.2 Å². The van der Waals surface area contributed by atoms with E-state index in [1.165, 1.54) is 5.56 Å². The van der Waals surface area contributed by atoms with E-state index in [-0.39, 0.29) is 5.91 Å². The van der Waals surface area contributed by atoms with Gasteiger partial charge in [-0.2, -0.15) is 0 Å². The molecule has 1 N–H and O–H groups in total. The minimum atomic E-state index is -0.0424. The van der Waals surface area contributed by atoms with Gasteiger partial charge in [0.25, 0.3) is 5.91 Å². The fourth-order valence-electron chi connectivity index (χ4n) is 2.44. The van der Waals surface area contributed by atoms with Crippen LogP contribution in [0.2, 0.25) is 0 Å². The largest absolute Gasteiger partial charge is 0.461 e. The van der Waals surface area contributed by atoms with Crippen LogP contribution in [-0.4, -0.2) is 12.5 Å². The maximum Gasteiger partial charge on any atom is 0.251 e. The van der Waals surface area contributed by atoms with Crippen molar-refractivity contribution in [3.8, 4) is 0 Å². The quantitative estimate of drug-likeness (QED) is 0.789. The van der Waals surface area contributed by atoms with Crippen molar-refractivity contribution in [2.75, 3.05) is 6.54 Å². The lowest BCUT2D eigenvalue weighted by Crippen LogP contribution is -2.25. The highest BCUT2D eigenvalue weighted by Gasteiger charge is 2.07. The summed E-state index contributed by atoms with van der Waals surface area (Å²) in [5.41, 5.74) is 3.91. The highest BCUT2D eigenvalue weighted by atomic mass is 16.3. The van der Waals surface area contributed by atoms with Gasteiger partial charge < -0.3 is 9.73 Å². The zero-order chi connectivity index (χ0) is 15.5. The fraction of sp³-hybridized carbons (Fsp3) is 0.211. The molecule has 1 amide bonds. The number of aryl methyl sites for hydroxylation is 2. The molecule has 0 saturated heterocycles. The summed E-state index contributed by atoms with van der Waals surface area (Å²) in [6, 6.07) is 15.7. The molecule has 0 aliphatic heterocycles. The first-order valence-corrected chi connectivity index (χ1v) is 7.46. The average molecular weight is 293 g/mol. The molecule has 0 radical (unpaired) electrons. The van der Waals surface area contributed by atoms with Crippen LogP contribution in [-0.2, 0) is 6.42 Å². The molecule has 0 aliphatic rings. The molecule has 0 atom stereocenters. The van der Waals surface area contributed by atoms with Crippen molar-refractivity contribution < 1.29 is 9.21 Å². The summed E-state index contributed by atoms with van der Waals surface area (Å²) >= 11 is 0. The van der Waals surface area contributed by atoms with E-state index in [0.717, 1.165) is 22.3 Å². The second-order valence-electron chi connectivity index (χ2n) is 5.56. The fourth-order valence-corrected chi connectivity index (χ4v) is 2.44. The van der Waals surface area contributed by atoms with Gasteiger partial charge in [-0.3, -0.25) is 4.79 Å². The molecule has 112 valence electrons. The number of hydrogen-bond donors (Lipinski definition) is 1. The van der Waals surface area contributed by atoms with Gasteiger partial charge in [-0.1, -0.05) is 24.3 Å². The number of para-hydroxylation sites is 1. The Bertz CT molecular complexity index is 784. The lowest BCUT2D eigenvalue weighted by atomic mass is 10.1. The van der Waals surface area contributed by atoms with E-state index in [1.54, 1.807) is 0 Å². The first-order valence-electron chi connectivity index (χ1n) is 7.46. The van der Waals surface area contributed by atoms with Crippen LogP contribution in [0.15, 0.2) is 52.9 Å². The molecule has 0 unspecified atom stereocenters. The second kappa shape index (κ2) is 6.06. The summed E-state index contributed by atoms with van der Waals surface area (Å²) in [5, 5.41) is 4.03. The summed E-state index contributed by atoms with van der Waals surface area (Å²) in [4.78, 5) is 12.1. The van der Waals surface area contributed by atoms with E-state index in [4.69, 9.17) is 4.42 Å². The zero-order valence-electron chi connectivity index (χ0n) is 12.8. The Morgan fingerprint density at radius 2 is 1.86 bits per heavy atom. The Kier molecular flexibility index (Phi) is 3.96. The molecule has 3 aromatic rings. The van der Waals surface area contributed by atoms with Crippen LogP contribution in [0.4, 0.5) is 0 Å². The summed E-state index contributed by atoms with van der Waals surface area (Å²) in [7, 11) is 0. The summed E-state index contributed by atoms with van der Waals surface area (Å²) in [5.74, 6) is 0.848. The lowest BCUT2D eigenvalue weighted by Gasteiger charge is -2.06. The Balaban J connectivity index is 1.60. The van der Waals surface area contributed by atoms with E-state index in [1.807, 2.05) is 62.4 Å². The molecule has 0 spiro atoms. The van der Waals surface area contributed by atoms with E-state index in [0.29, 0.717) is 18.5 Å². The van der Waals surface area contributed by atoms with Crippen LogP contribution >= 0.6 is 0 Å². The van der Waals surface area contributed by atoms with Crippen molar-refractivity contribution in [3.63, 3.8) is 0 Å². The first-order chi connectivity index (χ1) is 10.6.